The van der Waals surface area contributed by atoms with Gasteiger partial charge in [0.05, 0.1) is 12.3 Å². The number of nitrogens with zero attached hydrogens (tertiary/aromatic N) is 3. The van der Waals surface area contributed by atoms with Gasteiger partial charge in [0.2, 0.25) is 10.0 Å². The van der Waals surface area contributed by atoms with E-state index in [1.165, 1.54) is 17.8 Å². The van der Waals surface area contributed by atoms with Crippen LogP contribution < -0.4 is 15.2 Å². The Bertz CT molecular complexity index is 1160. The number of hydrogen-bond acceptors (Lipinski definition) is 6. The third kappa shape index (κ3) is 3.98. The van der Waals surface area contributed by atoms with Crippen LogP contribution in [0.1, 0.15) is 18.3 Å². The van der Waals surface area contributed by atoms with Gasteiger partial charge in [-0.15, -0.1) is 0 Å². The van der Waals surface area contributed by atoms with Crippen molar-refractivity contribution in [3.63, 3.8) is 0 Å². The smallest absolute Gasteiger partial charge is 0.244 e. The van der Waals surface area contributed by atoms with Gasteiger partial charge in [-0.3, -0.25) is 5.41 Å². The molecule has 4 N–H and O–H groups in total. The maximum absolute atomic E-state index is 12.7. The van der Waals surface area contributed by atoms with Crippen molar-refractivity contribution in [2.75, 3.05) is 13.7 Å². The lowest BCUT2D eigenvalue weighted by Gasteiger charge is -2.15. The Morgan fingerprint density at radius 2 is 1.97 bits per heavy atom. The fraction of sp³-hybridized carbons (Fsp3) is 0.211. The van der Waals surface area contributed by atoms with E-state index in [1.807, 2.05) is 36.4 Å². The minimum atomic E-state index is -3.90. The number of benzene rings is 1. The first-order valence-electron chi connectivity index (χ1n) is 8.86. The number of pyridine rings is 1. The molecule has 0 fully saturated rings. The minimum absolute atomic E-state index is 0.0349. The van der Waals surface area contributed by atoms with Gasteiger partial charge in [-0.2, -0.15) is 5.10 Å². The summed E-state index contributed by atoms with van der Waals surface area (Å²) in [6, 6.07) is 12.6. The molecule has 0 bridgehead atoms. The average Bonchev–Trinajstić information content (AvgIpc) is 3.10. The molecule has 0 unspecified atom stereocenters. The topological polar surface area (TPSA) is 136 Å². The van der Waals surface area contributed by atoms with E-state index in [0.717, 1.165) is 5.56 Å². The molecule has 0 radical (unpaired) electrons. The Kier molecular flexibility index (Phi) is 5.66. The van der Waals surface area contributed by atoms with Crippen LogP contribution in [0.4, 0.5) is 0 Å². The minimum Gasteiger partial charge on any atom is -0.491 e. The number of hydrogen-bond donors (Lipinski definition) is 3. The Hall–Kier alpha value is -3.24. The highest BCUT2D eigenvalue weighted by atomic mass is 32.2. The molecule has 2 aromatic heterocycles. The van der Waals surface area contributed by atoms with Gasteiger partial charge in [-0.05, 0) is 27.0 Å². The lowest BCUT2D eigenvalue weighted by molar-refractivity contribution is 0.336. The number of ether oxygens (including phenoxy) is 1. The van der Waals surface area contributed by atoms with E-state index in [-0.39, 0.29) is 34.6 Å². The average molecular weight is 414 g/mol. The number of nitrogen functional groups attached to an aromatic ring is 1. The largest absolute Gasteiger partial charge is 0.491 e. The van der Waals surface area contributed by atoms with Gasteiger partial charge in [0.1, 0.15) is 22.2 Å². The zero-order valence-electron chi connectivity index (χ0n) is 16.3. The van der Waals surface area contributed by atoms with Gasteiger partial charge >= 0.3 is 0 Å². The maximum Gasteiger partial charge on any atom is 0.244 e. The Labute approximate surface area is 169 Å². The third-order valence-corrected chi connectivity index (χ3v) is 5.62. The van der Waals surface area contributed by atoms with Crippen molar-refractivity contribution in [1.29, 1.82) is 5.41 Å². The van der Waals surface area contributed by atoms with Crippen molar-refractivity contribution < 1.29 is 13.2 Å². The summed E-state index contributed by atoms with van der Waals surface area (Å²) in [6.45, 7) is 3.80. The maximum atomic E-state index is 12.7. The summed E-state index contributed by atoms with van der Waals surface area (Å²) in [7, 11) is -2.59. The molecule has 29 heavy (non-hydrogen) atoms. The molecule has 0 spiro atoms. The van der Waals surface area contributed by atoms with Crippen molar-refractivity contribution >= 4 is 15.9 Å². The van der Waals surface area contributed by atoms with Crippen LogP contribution in [-0.2, 0) is 10.0 Å². The van der Waals surface area contributed by atoms with E-state index < -0.39 is 10.0 Å². The van der Waals surface area contributed by atoms with Crippen molar-refractivity contribution in [3.8, 4) is 22.8 Å². The Morgan fingerprint density at radius 1 is 1.28 bits per heavy atom. The van der Waals surface area contributed by atoms with Gasteiger partial charge in [0.25, 0.3) is 0 Å². The number of amidine groups is 1. The quantitative estimate of drug-likeness (QED) is 0.399. The molecule has 0 saturated heterocycles. The highest BCUT2D eigenvalue weighted by molar-refractivity contribution is 7.89. The van der Waals surface area contributed by atoms with E-state index >= 15 is 0 Å². The molecule has 0 aliphatic heterocycles. The standard InChI is InChI=1S/C19H22N6O3S/c1-4-28-15-11-16(29(26,27)22-3)19(23-17(15)18(20)21)25-12(2)10-14(24-25)13-8-6-5-7-9-13/h5-11,22H,4H2,1-3H3,(H3,20,21). The second kappa shape index (κ2) is 8.02. The van der Waals surface area contributed by atoms with Crippen LogP contribution in [0.2, 0.25) is 0 Å². The first-order chi connectivity index (χ1) is 13.8. The Morgan fingerprint density at radius 3 is 2.55 bits per heavy atom. The first-order valence-corrected chi connectivity index (χ1v) is 10.3. The summed E-state index contributed by atoms with van der Waals surface area (Å²) in [4.78, 5) is 4.22. The summed E-state index contributed by atoms with van der Waals surface area (Å²) in [5.41, 5.74) is 7.92. The fourth-order valence-corrected chi connectivity index (χ4v) is 3.68. The van der Waals surface area contributed by atoms with Crippen LogP contribution in [0.5, 0.6) is 5.75 Å². The highest BCUT2D eigenvalue weighted by Crippen LogP contribution is 2.29. The van der Waals surface area contributed by atoms with E-state index in [0.29, 0.717) is 11.4 Å². The molecule has 0 saturated carbocycles. The molecule has 10 heteroatoms. The number of nitrogens with one attached hydrogen (secondary N) is 2. The molecular weight excluding hydrogens is 392 g/mol. The predicted octanol–water partition coefficient (Wildman–Crippen LogP) is 1.83. The van der Waals surface area contributed by atoms with Gasteiger partial charge < -0.3 is 10.5 Å². The van der Waals surface area contributed by atoms with Crippen LogP contribution in [-0.4, -0.2) is 42.7 Å². The summed E-state index contributed by atoms with van der Waals surface area (Å²) in [5, 5.41) is 12.4. The second-order valence-electron chi connectivity index (χ2n) is 6.16. The summed E-state index contributed by atoms with van der Waals surface area (Å²) in [5.74, 6) is -0.186. The Balaban J connectivity index is 2.29. The summed E-state index contributed by atoms with van der Waals surface area (Å²) < 4.78 is 34.6. The van der Waals surface area contributed by atoms with Crippen LogP contribution in [0.3, 0.4) is 0 Å². The molecule has 0 aliphatic rings. The van der Waals surface area contributed by atoms with Crippen LogP contribution in [0.15, 0.2) is 47.4 Å². The molecule has 9 nitrogen and oxygen atoms in total. The number of rotatable bonds is 7. The second-order valence-corrected chi connectivity index (χ2v) is 8.01. The molecule has 3 rings (SSSR count). The van der Waals surface area contributed by atoms with E-state index in [9.17, 15) is 8.42 Å². The number of sulfonamides is 1. The van der Waals surface area contributed by atoms with Crippen molar-refractivity contribution in [1.82, 2.24) is 19.5 Å². The lowest BCUT2D eigenvalue weighted by atomic mass is 10.1. The van der Waals surface area contributed by atoms with Crippen molar-refractivity contribution in [2.45, 2.75) is 18.7 Å². The molecule has 1 aromatic carbocycles. The zero-order valence-corrected chi connectivity index (χ0v) is 17.1. The van der Waals surface area contributed by atoms with Gasteiger partial charge in [0, 0.05) is 17.3 Å². The SMILES string of the molecule is CCOc1cc(S(=O)(=O)NC)c(-n2nc(-c3ccccc3)cc2C)nc1C(=N)N. The zero-order chi connectivity index (χ0) is 21.2. The highest BCUT2D eigenvalue weighted by Gasteiger charge is 2.26. The number of aromatic nitrogens is 3. The van der Waals surface area contributed by atoms with E-state index in [1.54, 1.807) is 13.8 Å². The number of nitrogens with two attached hydrogens (primary N) is 1. The molecular formula is C19H22N6O3S. The predicted molar refractivity (Wildman–Crippen MR) is 110 cm³/mol. The molecule has 0 amide bonds. The molecule has 152 valence electrons. The third-order valence-electron chi connectivity index (χ3n) is 4.20. The lowest BCUT2D eigenvalue weighted by Crippen LogP contribution is -2.24. The van der Waals surface area contributed by atoms with Crippen molar-refractivity contribution in [3.05, 3.63) is 53.9 Å². The van der Waals surface area contributed by atoms with Gasteiger partial charge in [0.15, 0.2) is 5.82 Å². The first kappa shape index (κ1) is 20.5. The normalized spacial score (nSPS) is 11.4. The monoisotopic (exact) mass is 414 g/mol. The van der Waals surface area contributed by atoms with E-state index in [2.05, 4.69) is 14.8 Å². The van der Waals surface area contributed by atoms with Gasteiger partial charge in [-0.25, -0.2) is 22.8 Å². The number of aryl methyl sites for hydroxylation is 1. The summed E-state index contributed by atoms with van der Waals surface area (Å²) >= 11 is 0. The molecule has 2 heterocycles. The van der Waals surface area contributed by atoms with Gasteiger partial charge in [-0.1, -0.05) is 30.3 Å². The molecule has 3 aromatic rings. The van der Waals surface area contributed by atoms with Crippen molar-refractivity contribution in [2.24, 2.45) is 5.73 Å². The van der Waals surface area contributed by atoms with Crippen LogP contribution >= 0.6 is 0 Å². The van der Waals surface area contributed by atoms with E-state index in [4.69, 9.17) is 15.9 Å². The summed E-state index contributed by atoms with van der Waals surface area (Å²) in [6.07, 6.45) is 0. The molecule has 0 atom stereocenters. The van der Waals surface area contributed by atoms with Crippen LogP contribution in [0.25, 0.3) is 17.1 Å². The fourth-order valence-electron chi connectivity index (χ4n) is 2.82. The molecule has 0 aliphatic carbocycles. The van der Waals surface area contributed by atoms with Crippen LogP contribution in [0, 0.1) is 12.3 Å².